The number of hydrogen-bond donors (Lipinski definition) is 0. The molecule has 0 amide bonds. The predicted molar refractivity (Wildman–Crippen MR) is 241 cm³/mol. The maximum Gasteiger partial charge on any atom is 0.159 e. The Morgan fingerprint density at radius 3 is 1.72 bits per heavy atom. The number of anilines is 3. The zero-order valence-corrected chi connectivity index (χ0v) is 31.1. The topological polar surface area (TPSA) is 21.3 Å². The van der Waals surface area contributed by atoms with Crippen LogP contribution in [0.3, 0.4) is 0 Å². The number of benzene rings is 8. The predicted octanol–water partition coefficient (Wildman–Crippen LogP) is 15.1. The Labute approximate surface area is 331 Å². The quantitative estimate of drug-likeness (QED) is 0.170. The van der Waals surface area contributed by atoms with E-state index in [1.54, 1.807) is 0 Å². The molecule has 2 heterocycles. The largest absolute Gasteiger partial charge is 0.454 e. The molecule has 0 atom stereocenters. The Hall–Kier alpha value is -7.62. The molecule has 11 rings (SSSR count). The molecule has 1 aliphatic carbocycles. The van der Waals surface area contributed by atoms with Crippen LogP contribution in [0.5, 0.6) is 0 Å². The van der Waals surface area contributed by atoms with E-state index in [2.05, 4.69) is 204 Å². The van der Waals surface area contributed by atoms with E-state index in [4.69, 9.17) is 4.42 Å². The molecule has 3 heteroatoms. The van der Waals surface area contributed by atoms with Crippen LogP contribution in [0.25, 0.3) is 83.6 Å². The fraction of sp³-hybridized carbons (Fsp3) is 0. The lowest BCUT2D eigenvalue weighted by Gasteiger charge is -2.26. The van der Waals surface area contributed by atoms with E-state index in [0.717, 1.165) is 56.2 Å². The molecule has 0 saturated heterocycles. The van der Waals surface area contributed by atoms with E-state index >= 15 is 0 Å². The van der Waals surface area contributed by atoms with Gasteiger partial charge in [0.05, 0.1) is 16.7 Å². The highest BCUT2D eigenvalue weighted by Crippen LogP contribution is 2.44. The summed E-state index contributed by atoms with van der Waals surface area (Å²) >= 11 is 0. The molecule has 57 heavy (non-hydrogen) atoms. The first-order valence-electron chi connectivity index (χ1n) is 19.4. The molecule has 0 saturated carbocycles. The summed E-state index contributed by atoms with van der Waals surface area (Å²) in [4.78, 5) is 2.33. The molecule has 0 unspecified atom stereocenters. The lowest BCUT2D eigenvalue weighted by molar-refractivity contribution is 0.604. The Bertz CT molecular complexity index is 3200. The molecule has 1 aliphatic rings. The molecule has 0 N–H and O–H groups in total. The van der Waals surface area contributed by atoms with Crippen molar-refractivity contribution in [2.45, 2.75) is 0 Å². The van der Waals surface area contributed by atoms with Crippen LogP contribution in [0.15, 0.2) is 211 Å². The number of nitrogens with zero attached hydrogens (tertiary/aromatic N) is 2. The van der Waals surface area contributed by atoms with Gasteiger partial charge >= 0.3 is 0 Å². The van der Waals surface area contributed by atoms with Gasteiger partial charge in [-0.1, -0.05) is 152 Å². The van der Waals surface area contributed by atoms with E-state index in [1.165, 1.54) is 49.3 Å². The molecule has 0 aliphatic heterocycles. The molecule has 3 nitrogen and oxygen atoms in total. The Kier molecular flexibility index (Phi) is 7.65. The van der Waals surface area contributed by atoms with E-state index in [0.29, 0.717) is 0 Å². The van der Waals surface area contributed by atoms with Gasteiger partial charge in [0.2, 0.25) is 0 Å². The maximum absolute atomic E-state index is 6.75. The van der Waals surface area contributed by atoms with Gasteiger partial charge in [0.25, 0.3) is 0 Å². The van der Waals surface area contributed by atoms with Crippen LogP contribution in [-0.4, -0.2) is 4.57 Å². The fourth-order valence-corrected chi connectivity index (χ4v) is 8.65. The number of furan rings is 1. The summed E-state index contributed by atoms with van der Waals surface area (Å²) in [5, 5.41) is 6.00. The summed E-state index contributed by atoms with van der Waals surface area (Å²) in [6.45, 7) is 4.15. The van der Waals surface area contributed by atoms with Gasteiger partial charge in [0.15, 0.2) is 5.58 Å². The van der Waals surface area contributed by atoms with Crippen molar-refractivity contribution in [2.24, 2.45) is 0 Å². The summed E-state index contributed by atoms with van der Waals surface area (Å²) < 4.78 is 9.13. The lowest BCUT2D eigenvalue weighted by atomic mass is 9.92. The molecule has 0 spiro atoms. The van der Waals surface area contributed by atoms with Gasteiger partial charge in [0, 0.05) is 38.8 Å². The van der Waals surface area contributed by atoms with Crippen molar-refractivity contribution in [1.29, 1.82) is 0 Å². The van der Waals surface area contributed by atoms with Crippen molar-refractivity contribution >= 4 is 72.8 Å². The number of fused-ring (bicyclic) bond motifs is 7. The van der Waals surface area contributed by atoms with Crippen LogP contribution in [0, 0.1) is 0 Å². The molecule has 0 radical (unpaired) electrons. The van der Waals surface area contributed by atoms with Gasteiger partial charge in [-0.25, -0.2) is 0 Å². The average molecular weight is 729 g/mol. The van der Waals surface area contributed by atoms with Gasteiger partial charge in [-0.3, -0.25) is 0 Å². The second-order valence-electron chi connectivity index (χ2n) is 14.6. The molecule has 2 aromatic heterocycles. The lowest BCUT2D eigenvalue weighted by Crippen LogP contribution is -2.11. The van der Waals surface area contributed by atoms with E-state index in [9.17, 15) is 0 Å². The van der Waals surface area contributed by atoms with E-state index in [-0.39, 0.29) is 0 Å². The van der Waals surface area contributed by atoms with Crippen molar-refractivity contribution in [3.8, 4) is 27.9 Å². The highest BCUT2D eigenvalue weighted by molar-refractivity contribution is 6.10. The Balaban J connectivity index is 1.09. The van der Waals surface area contributed by atoms with Gasteiger partial charge in [-0.05, 0) is 99.3 Å². The number of rotatable bonds is 6. The molecular formula is C54H36N2O. The first-order valence-corrected chi connectivity index (χ1v) is 19.4. The number of hydrogen-bond acceptors (Lipinski definition) is 2. The third-order valence-electron chi connectivity index (χ3n) is 11.3. The third-order valence-corrected chi connectivity index (χ3v) is 11.3. The Morgan fingerprint density at radius 2 is 1.02 bits per heavy atom. The molecule has 0 bridgehead atoms. The number of para-hydroxylation sites is 3. The van der Waals surface area contributed by atoms with Crippen LogP contribution in [0.2, 0.25) is 0 Å². The van der Waals surface area contributed by atoms with Crippen LogP contribution in [0.4, 0.5) is 17.1 Å². The molecule has 8 aromatic carbocycles. The van der Waals surface area contributed by atoms with Gasteiger partial charge in [0.1, 0.15) is 5.76 Å². The molecule has 0 fully saturated rings. The van der Waals surface area contributed by atoms with Crippen LogP contribution >= 0.6 is 0 Å². The third kappa shape index (κ3) is 5.43. The van der Waals surface area contributed by atoms with Crippen molar-refractivity contribution < 1.29 is 4.42 Å². The molecule has 268 valence electrons. The standard InChI is InChI=1S/C54H36N2O/c1-36-25-31-48-49-21-12-24-52(54(49)57-53(48)34-26-36)55(40-15-11-16-41(35-40)56-50-22-9-7-19-46(50)47-20-8-10-23-51(47)56)39-29-27-38(28-30-39)43-33-32-42(37-13-3-2-4-14-37)44-17-5-6-18-45(43)44/h2-35H,1H2. The summed E-state index contributed by atoms with van der Waals surface area (Å²) in [6.07, 6.45) is 8.19. The number of aromatic nitrogens is 1. The van der Waals surface area contributed by atoms with Crippen molar-refractivity contribution in [3.05, 3.63) is 218 Å². The highest BCUT2D eigenvalue weighted by Gasteiger charge is 2.22. The fourth-order valence-electron chi connectivity index (χ4n) is 8.65. The van der Waals surface area contributed by atoms with Crippen molar-refractivity contribution in [1.82, 2.24) is 4.57 Å². The SMILES string of the molecule is C=C1C=Cc2oc3c(N(c4ccc(-c5ccc(-c6ccccc6)c6ccccc56)cc4)c4cccc(-n5c6ccccc6c6ccccc65)c4)cccc3c2C=C1. The molecule has 10 aromatic rings. The molecular weight excluding hydrogens is 693 g/mol. The minimum absolute atomic E-state index is 0.826. The second-order valence-corrected chi connectivity index (χ2v) is 14.6. The minimum Gasteiger partial charge on any atom is -0.454 e. The average Bonchev–Trinajstić information content (AvgIpc) is 3.74. The summed E-state index contributed by atoms with van der Waals surface area (Å²) in [5.41, 5.74) is 14.1. The minimum atomic E-state index is 0.826. The summed E-state index contributed by atoms with van der Waals surface area (Å²) in [6, 6.07) is 65.4. The monoisotopic (exact) mass is 728 g/mol. The zero-order chi connectivity index (χ0) is 37.9. The maximum atomic E-state index is 6.75. The first kappa shape index (κ1) is 32.8. The summed E-state index contributed by atoms with van der Waals surface area (Å²) in [7, 11) is 0. The second kappa shape index (κ2) is 13.3. The van der Waals surface area contributed by atoms with Crippen LogP contribution < -0.4 is 4.90 Å². The normalized spacial score (nSPS) is 12.5. The van der Waals surface area contributed by atoms with E-state index in [1.807, 2.05) is 18.2 Å². The summed E-state index contributed by atoms with van der Waals surface area (Å²) in [5.74, 6) is 0.826. The zero-order valence-electron chi connectivity index (χ0n) is 31.1. The smallest absolute Gasteiger partial charge is 0.159 e. The van der Waals surface area contributed by atoms with Crippen molar-refractivity contribution in [2.75, 3.05) is 4.90 Å². The Morgan fingerprint density at radius 1 is 0.439 bits per heavy atom. The van der Waals surface area contributed by atoms with Gasteiger partial charge in [-0.2, -0.15) is 0 Å². The first-order chi connectivity index (χ1) is 28.2. The van der Waals surface area contributed by atoms with E-state index < -0.39 is 0 Å². The van der Waals surface area contributed by atoms with Crippen LogP contribution in [0.1, 0.15) is 11.3 Å². The van der Waals surface area contributed by atoms with Crippen molar-refractivity contribution in [3.63, 3.8) is 0 Å². The van der Waals surface area contributed by atoms with Gasteiger partial charge in [-0.15, -0.1) is 0 Å². The van der Waals surface area contributed by atoms with Gasteiger partial charge < -0.3 is 13.9 Å². The highest BCUT2D eigenvalue weighted by atomic mass is 16.3. The van der Waals surface area contributed by atoms with Crippen LogP contribution in [-0.2, 0) is 0 Å². The number of allylic oxidation sites excluding steroid dienone is 3.